The molecule has 1 aromatic carbocycles. The highest BCUT2D eigenvalue weighted by Crippen LogP contribution is 2.41. The summed E-state index contributed by atoms with van der Waals surface area (Å²) in [7, 11) is 2.19. The van der Waals surface area contributed by atoms with E-state index in [9.17, 15) is 18.3 Å². The van der Waals surface area contributed by atoms with Crippen molar-refractivity contribution in [3.8, 4) is 27.6 Å². The number of nitrogens with zero attached hydrogens (tertiary/aromatic N) is 7. The van der Waals surface area contributed by atoms with E-state index in [4.69, 9.17) is 9.90 Å². The van der Waals surface area contributed by atoms with Gasteiger partial charge in [-0.2, -0.15) is 17.5 Å². The molecule has 2 N–H and O–H groups in total. The van der Waals surface area contributed by atoms with Crippen LogP contribution < -0.4 is 4.90 Å². The molecule has 2 aliphatic heterocycles. The molecule has 0 aliphatic carbocycles. The van der Waals surface area contributed by atoms with Gasteiger partial charge in [-0.05, 0) is 56.6 Å². The molecule has 3 aromatic rings. The lowest BCUT2D eigenvalue weighted by Crippen LogP contribution is -2.60. The lowest BCUT2D eigenvalue weighted by Gasteiger charge is -2.53. The Morgan fingerprint density at radius 1 is 1.14 bits per heavy atom. The maximum atomic E-state index is 10.6. The maximum Gasteiger partial charge on any atom is 0.490 e. The van der Waals surface area contributed by atoms with Crippen LogP contribution in [0, 0.1) is 5.41 Å². The van der Waals surface area contributed by atoms with Crippen LogP contribution in [0.25, 0.3) is 21.8 Å². The van der Waals surface area contributed by atoms with Crippen LogP contribution in [-0.4, -0.2) is 85.0 Å². The number of halogens is 3. The zero-order chi connectivity index (χ0) is 25.2. The third-order valence-electron chi connectivity index (χ3n) is 6.06. The zero-order valence-electron chi connectivity index (χ0n) is 18.6. The summed E-state index contributed by atoms with van der Waals surface area (Å²) in [5, 5.41) is 26.9. The van der Waals surface area contributed by atoms with Crippen molar-refractivity contribution < 1.29 is 28.2 Å². The van der Waals surface area contributed by atoms with Gasteiger partial charge in [0.15, 0.2) is 0 Å². The first-order valence-electron chi connectivity index (χ1n) is 10.6. The number of phenolic OH excluding ortho intramolecular Hbond substituents is 1. The Labute approximate surface area is 202 Å². The van der Waals surface area contributed by atoms with Crippen LogP contribution in [-0.2, 0) is 4.79 Å². The standard InChI is InChI=1S/C19H21N7OS.C2HF3O2/c1-25-6-4-19(5-7-25)10-26(11-19)18-20-9-15(23-24-18)14-3-2-13(8-16(14)27)17-21-12-22-28-17;3-2(4,5)1(6)7/h2-3,8-9,12,27H,4-7,10-11H2,1H3;(H,6,7). The number of carbonyl (C=O) groups is 1. The van der Waals surface area contributed by atoms with Gasteiger partial charge in [-0.3, -0.25) is 0 Å². The molecule has 0 amide bonds. The quantitative estimate of drug-likeness (QED) is 0.544. The van der Waals surface area contributed by atoms with E-state index in [1.54, 1.807) is 12.3 Å². The molecule has 0 radical (unpaired) electrons. The first-order valence-corrected chi connectivity index (χ1v) is 11.4. The summed E-state index contributed by atoms with van der Waals surface area (Å²) in [6.07, 6.45) is 0.576. The van der Waals surface area contributed by atoms with E-state index in [1.807, 2.05) is 12.1 Å². The third-order valence-corrected chi connectivity index (χ3v) is 6.77. The van der Waals surface area contributed by atoms with Gasteiger partial charge in [0, 0.05) is 29.6 Å². The Bertz CT molecular complexity index is 1160. The highest BCUT2D eigenvalue weighted by Gasteiger charge is 2.45. The van der Waals surface area contributed by atoms with Crippen LogP contribution in [0.2, 0.25) is 0 Å². The molecule has 5 rings (SSSR count). The lowest BCUT2D eigenvalue weighted by molar-refractivity contribution is -0.192. The summed E-state index contributed by atoms with van der Waals surface area (Å²) in [6.45, 7) is 4.34. The predicted octanol–water partition coefficient (Wildman–Crippen LogP) is 2.93. The fraction of sp³-hybridized carbons (Fsp3) is 0.429. The monoisotopic (exact) mass is 509 g/mol. The largest absolute Gasteiger partial charge is 0.507 e. The number of hydrogen-bond acceptors (Lipinski definition) is 10. The minimum atomic E-state index is -5.08. The van der Waals surface area contributed by atoms with Crippen LogP contribution in [0.5, 0.6) is 5.75 Å². The van der Waals surface area contributed by atoms with Gasteiger partial charge in [-0.1, -0.05) is 6.07 Å². The highest BCUT2D eigenvalue weighted by atomic mass is 32.1. The fourth-order valence-electron chi connectivity index (χ4n) is 4.03. The highest BCUT2D eigenvalue weighted by molar-refractivity contribution is 7.09. The second-order valence-corrected chi connectivity index (χ2v) is 9.36. The first-order chi connectivity index (χ1) is 16.6. The van der Waals surface area contributed by atoms with Crippen molar-refractivity contribution in [2.75, 3.05) is 38.1 Å². The number of aromatic hydroxyl groups is 1. The van der Waals surface area contributed by atoms with Crippen molar-refractivity contribution in [3.63, 3.8) is 0 Å². The van der Waals surface area contributed by atoms with E-state index in [1.165, 1.54) is 30.7 Å². The van der Waals surface area contributed by atoms with Gasteiger partial charge >= 0.3 is 12.1 Å². The number of likely N-dealkylation sites (tertiary alicyclic amines) is 1. The molecule has 2 aromatic heterocycles. The summed E-state index contributed by atoms with van der Waals surface area (Å²) < 4.78 is 35.7. The summed E-state index contributed by atoms with van der Waals surface area (Å²) in [6, 6.07) is 5.38. The van der Waals surface area contributed by atoms with Crippen molar-refractivity contribution in [2.24, 2.45) is 5.41 Å². The average Bonchev–Trinajstić information content (AvgIpc) is 3.33. The number of alkyl halides is 3. The van der Waals surface area contributed by atoms with E-state index < -0.39 is 12.1 Å². The molecular formula is C21H22F3N7O3S. The minimum absolute atomic E-state index is 0.130. The number of hydrogen-bond donors (Lipinski definition) is 2. The normalized spacial score (nSPS) is 17.4. The van der Waals surface area contributed by atoms with Gasteiger partial charge in [0.1, 0.15) is 22.8 Å². The number of aliphatic carboxylic acids is 1. The van der Waals surface area contributed by atoms with Crippen LogP contribution in [0.4, 0.5) is 19.1 Å². The number of piperidine rings is 1. The Hall–Kier alpha value is -3.39. The average molecular weight is 510 g/mol. The third kappa shape index (κ3) is 5.65. The van der Waals surface area contributed by atoms with Crippen molar-refractivity contribution in [1.82, 2.24) is 29.4 Å². The van der Waals surface area contributed by atoms with Crippen molar-refractivity contribution in [1.29, 1.82) is 0 Å². The van der Waals surface area contributed by atoms with Crippen LogP contribution >= 0.6 is 11.5 Å². The Morgan fingerprint density at radius 2 is 1.83 bits per heavy atom. The van der Waals surface area contributed by atoms with Gasteiger partial charge in [-0.25, -0.2) is 14.8 Å². The van der Waals surface area contributed by atoms with Gasteiger partial charge in [0.2, 0.25) is 5.95 Å². The number of carboxylic acid groups (broad SMARTS) is 1. The second-order valence-electron chi connectivity index (χ2n) is 8.58. The van der Waals surface area contributed by atoms with Crippen LogP contribution in [0.15, 0.2) is 30.7 Å². The van der Waals surface area contributed by atoms with Gasteiger partial charge in [0.25, 0.3) is 0 Å². The molecule has 35 heavy (non-hydrogen) atoms. The molecule has 2 fully saturated rings. The predicted molar refractivity (Wildman–Crippen MR) is 121 cm³/mol. The topological polar surface area (TPSA) is 128 Å². The number of phenols is 1. The van der Waals surface area contributed by atoms with Gasteiger partial charge in [0.05, 0.1) is 6.20 Å². The number of anilines is 1. The van der Waals surface area contributed by atoms with E-state index >= 15 is 0 Å². The van der Waals surface area contributed by atoms with E-state index in [0.717, 1.165) is 36.8 Å². The fourth-order valence-corrected chi connectivity index (χ4v) is 4.55. The summed E-state index contributed by atoms with van der Waals surface area (Å²) in [4.78, 5) is 22.1. The van der Waals surface area contributed by atoms with Crippen LogP contribution in [0.1, 0.15) is 12.8 Å². The summed E-state index contributed by atoms with van der Waals surface area (Å²) in [5.74, 6) is -1.96. The SMILES string of the molecule is CN1CCC2(CC1)CN(c1ncc(-c3ccc(-c4ncns4)cc3O)nn1)C2.O=C(O)C(F)(F)F. The molecule has 0 saturated carbocycles. The molecule has 0 atom stereocenters. The van der Waals surface area contributed by atoms with E-state index in [0.29, 0.717) is 22.6 Å². The van der Waals surface area contributed by atoms with Crippen molar-refractivity contribution in [3.05, 3.63) is 30.7 Å². The molecule has 0 unspecified atom stereocenters. The molecule has 2 saturated heterocycles. The van der Waals surface area contributed by atoms with E-state index in [-0.39, 0.29) is 5.75 Å². The van der Waals surface area contributed by atoms with E-state index in [2.05, 4.69) is 41.4 Å². The molecule has 1 spiro atoms. The molecule has 2 aliphatic rings. The summed E-state index contributed by atoms with van der Waals surface area (Å²) >= 11 is 1.29. The number of rotatable bonds is 3. The van der Waals surface area contributed by atoms with Crippen LogP contribution in [0.3, 0.4) is 0 Å². The molecule has 186 valence electrons. The van der Waals surface area contributed by atoms with Gasteiger partial charge < -0.3 is 20.0 Å². The van der Waals surface area contributed by atoms with Crippen molar-refractivity contribution in [2.45, 2.75) is 19.0 Å². The number of aromatic nitrogens is 5. The second kappa shape index (κ2) is 9.70. The lowest BCUT2D eigenvalue weighted by atomic mass is 9.72. The molecule has 0 bridgehead atoms. The number of benzene rings is 1. The minimum Gasteiger partial charge on any atom is -0.507 e. The zero-order valence-corrected chi connectivity index (χ0v) is 19.4. The summed E-state index contributed by atoms with van der Waals surface area (Å²) in [5.41, 5.74) is 2.41. The number of carboxylic acids is 1. The van der Waals surface area contributed by atoms with Crippen molar-refractivity contribution >= 4 is 23.5 Å². The maximum absolute atomic E-state index is 10.6. The molecule has 10 nitrogen and oxygen atoms in total. The molecule has 4 heterocycles. The molecular weight excluding hydrogens is 487 g/mol. The smallest absolute Gasteiger partial charge is 0.490 e. The van der Waals surface area contributed by atoms with Gasteiger partial charge in [-0.15, -0.1) is 10.2 Å². The Morgan fingerprint density at radius 3 is 2.34 bits per heavy atom. The Kier molecular flexibility index (Phi) is 6.85. The first kappa shape index (κ1) is 24.7. The molecule has 14 heteroatoms. The Balaban J connectivity index is 0.000000364.